The molecule has 0 aliphatic heterocycles. The lowest BCUT2D eigenvalue weighted by molar-refractivity contribution is -0.386. The summed E-state index contributed by atoms with van der Waals surface area (Å²) in [6.45, 7) is 1.71. The molecule has 0 saturated heterocycles. The molecule has 0 aliphatic rings. The molecule has 2 aromatic rings. The molecule has 0 saturated carbocycles. The van der Waals surface area contributed by atoms with E-state index in [0.29, 0.717) is 0 Å². The Kier molecular flexibility index (Phi) is 5.47. The van der Waals surface area contributed by atoms with E-state index in [4.69, 9.17) is 9.90 Å². The number of aliphatic carboxylic acids is 1. The molecule has 0 spiro atoms. The van der Waals surface area contributed by atoms with Crippen molar-refractivity contribution in [2.75, 3.05) is 0 Å². The fourth-order valence-corrected chi connectivity index (χ4v) is 1.37. The van der Waals surface area contributed by atoms with Crippen molar-refractivity contribution < 1.29 is 15.6 Å². The highest BCUT2D eigenvalue weighted by molar-refractivity contribution is 5.60. The summed E-state index contributed by atoms with van der Waals surface area (Å²) in [5.41, 5.74) is 6.85. The van der Waals surface area contributed by atoms with Gasteiger partial charge in [-0.3, -0.25) is 9.97 Å². The van der Waals surface area contributed by atoms with Gasteiger partial charge < -0.3 is 15.6 Å². The molecule has 0 radical (unpaired) electrons. The Morgan fingerprint density at radius 2 is 1.89 bits per heavy atom. The van der Waals surface area contributed by atoms with E-state index < -0.39 is 5.97 Å². The van der Waals surface area contributed by atoms with Crippen molar-refractivity contribution in [2.45, 2.75) is 13.5 Å². The van der Waals surface area contributed by atoms with Crippen LogP contribution in [0.15, 0.2) is 42.7 Å². The summed E-state index contributed by atoms with van der Waals surface area (Å²) < 4.78 is 0. The highest BCUT2D eigenvalue weighted by Gasteiger charge is 2.05. The lowest BCUT2D eigenvalue weighted by Crippen LogP contribution is -2.47. The number of carboxylic acids is 1. The number of quaternary nitrogens is 1. The number of pyridine rings is 2. The van der Waals surface area contributed by atoms with Gasteiger partial charge in [0.1, 0.15) is 6.54 Å². The molecule has 5 heteroatoms. The van der Waals surface area contributed by atoms with E-state index in [2.05, 4.69) is 15.7 Å². The van der Waals surface area contributed by atoms with Crippen molar-refractivity contribution in [3.8, 4) is 11.4 Å². The number of hydrogen-bond acceptors (Lipinski definition) is 4. The first-order valence-corrected chi connectivity index (χ1v) is 5.47. The molecular formula is C13H15N3O2. The fraction of sp³-hybridized carbons (Fsp3) is 0.154. The first-order chi connectivity index (χ1) is 8.65. The normalized spacial score (nSPS) is 9.22. The average Bonchev–Trinajstić information content (AvgIpc) is 2.39. The Morgan fingerprint density at radius 3 is 2.44 bits per heavy atom. The van der Waals surface area contributed by atoms with Crippen molar-refractivity contribution in [3.63, 3.8) is 0 Å². The summed E-state index contributed by atoms with van der Waals surface area (Å²) in [4.78, 5) is 17.5. The van der Waals surface area contributed by atoms with Gasteiger partial charge in [0.15, 0.2) is 0 Å². The highest BCUT2D eigenvalue weighted by Crippen LogP contribution is 2.17. The summed E-state index contributed by atoms with van der Waals surface area (Å²) in [6, 6.07) is 9.78. The SMILES string of the molecule is CC(=O)[O-].[NH3+]Cc1cccnc1-c1ccccn1. The van der Waals surface area contributed by atoms with E-state index in [0.717, 1.165) is 30.4 Å². The number of carbonyl (C=O) groups is 1. The molecule has 0 bridgehead atoms. The van der Waals surface area contributed by atoms with Crippen LogP contribution in [0.2, 0.25) is 0 Å². The molecule has 94 valence electrons. The molecule has 2 heterocycles. The predicted molar refractivity (Wildman–Crippen MR) is 64.7 cm³/mol. The fourth-order valence-electron chi connectivity index (χ4n) is 1.37. The van der Waals surface area contributed by atoms with Crippen LogP contribution in [0.3, 0.4) is 0 Å². The number of carbonyl (C=O) groups excluding carboxylic acids is 1. The second kappa shape index (κ2) is 7.13. The topological polar surface area (TPSA) is 93.5 Å². The highest BCUT2D eigenvalue weighted by atomic mass is 16.4. The predicted octanol–water partition coefficient (Wildman–Crippen LogP) is -0.358. The van der Waals surface area contributed by atoms with Crippen LogP contribution in [0, 0.1) is 0 Å². The number of aromatic nitrogens is 2. The van der Waals surface area contributed by atoms with Crippen molar-refractivity contribution in [1.82, 2.24) is 9.97 Å². The van der Waals surface area contributed by atoms with E-state index in [1.165, 1.54) is 0 Å². The van der Waals surface area contributed by atoms with Gasteiger partial charge in [0, 0.05) is 23.9 Å². The molecular weight excluding hydrogens is 230 g/mol. The summed E-state index contributed by atoms with van der Waals surface area (Å²) in [5.74, 6) is -1.08. The van der Waals surface area contributed by atoms with Gasteiger partial charge in [-0.2, -0.15) is 0 Å². The van der Waals surface area contributed by atoms with Crippen molar-refractivity contribution in [1.29, 1.82) is 0 Å². The molecule has 0 amide bonds. The van der Waals surface area contributed by atoms with E-state index in [1.54, 1.807) is 12.4 Å². The van der Waals surface area contributed by atoms with Crippen LogP contribution >= 0.6 is 0 Å². The van der Waals surface area contributed by atoms with Crippen molar-refractivity contribution in [2.24, 2.45) is 0 Å². The third-order valence-electron chi connectivity index (χ3n) is 2.07. The zero-order valence-electron chi connectivity index (χ0n) is 10.2. The first kappa shape index (κ1) is 13.8. The molecule has 3 N–H and O–H groups in total. The monoisotopic (exact) mass is 245 g/mol. The minimum atomic E-state index is -1.08. The minimum Gasteiger partial charge on any atom is -0.550 e. The van der Waals surface area contributed by atoms with Crippen LogP contribution in [-0.4, -0.2) is 15.9 Å². The largest absolute Gasteiger partial charge is 0.550 e. The van der Waals surface area contributed by atoms with Crippen molar-refractivity contribution in [3.05, 3.63) is 48.3 Å². The van der Waals surface area contributed by atoms with Crippen molar-refractivity contribution >= 4 is 5.97 Å². The standard InChI is InChI=1S/C11H11N3.C2H4O2/c12-8-9-4-3-7-14-11(9)10-5-1-2-6-13-10;1-2(3)4/h1-7H,8,12H2;1H3,(H,3,4). The van der Waals surface area contributed by atoms with Crippen LogP contribution < -0.4 is 10.8 Å². The second-order valence-corrected chi connectivity index (χ2v) is 3.47. The van der Waals surface area contributed by atoms with E-state index >= 15 is 0 Å². The number of nitrogens with zero attached hydrogens (tertiary/aromatic N) is 2. The Balaban J connectivity index is 0.000000357. The number of rotatable bonds is 2. The smallest absolute Gasteiger partial charge is 0.102 e. The maximum absolute atomic E-state index is 8.89. The van der Waals surface area contributed by atoms with Gasteiger partial charge in [0.25, 0.3) is 0 Å². The average molecular weight is 245 g/mol. The molecule has 2 rings (SSSR count). The molecule has 0 aromatic carbocycles. The first-order valence-electron chi connectivity index (χ1n) is 5.47. The van der Waals surface area contributed by atoms with Gasteiger partial charge in [0.05, 0.1) is 11.4 Å². The molecule has 0 aliphatic carbocycles. The van der Waals surface area contributed by atoms with Gasteiger partial charge in [-0.1, -0.05) is 6.07 Å². The van der Waals surface area contributed by atoms with Crippen LogP contribution in [0.4, 0.5) is 0 Å². The Bertz CT molecular complexity index is 497. The number of hydrogen-bond donors (Lipinski definition) is 1. The summed E-state index contributed by atoms with van der Waals surface area (Å²) >= 11 is 0. The Hall–Kier alpha value is -2.27. The number of carboxylic acid groups (broad SMARTS) is 1. The lowest BCUT2D eigenvalue weighted by Gasteiger charge is -2.03. The zero-order chi connectivity index (χ0) is 13.4. The summed E-state index contributed by atoms with van der Waals surface area (Å²) in [7, 11) is 0. The third-order valence-corrected chi connectivity index (χ3v) is 2.07. The summed E-state index contributed by atoms with van der Waals surface area (Å²) in [6.07, 6.45) is 3.56. The van der Waals surface area contributed by atoms with Crippen LogP contribution in [0.25, 0.3) is 11.4 Å². The van der Waals surface area contributed by atoms with Gasteiger partial charge in [-0.15, -0.1) is 0 Å². The molecule has 0 fully saturated rings. The van der Waals surface area contributed by atoms with Gasteiger partial charge >= 0.3 is 0 Å². The quantitative estimate of drug-likeness (QED) is 0.782. The van der Waals surface area contributed by atoms with Gasteiger partial charge in [-0.25, -0.2) is 0 Å². The van der Waals surface area contributed by atoms with Gasteiger partial charge in [-0.05, 0) is 31.2 Å². The van der Waals surface area contributed by atoms with Gasteiger partial charge in [0.2, 0.25) is 0 Å². The minimum absolute atomic E-state index is 0.736. The molecule has 0 atom stereocenters. The molecule has 18 heavy (non-hydrogen) atoms. The van der Waals surface area contributed by atoms with Crippen LogP contribution in [0.5, 0.6) is 0 Å². The Labute approximate surface area is 105 Å². The molecule has 5 nitrogen and oxygen atoms in total. The third kappa shape index (κ3) is 4.31. The Morgan fingerprint density at radius 1 is 1.22 bits per heavy atom. The van der Waals surface area contributed by atoms with Crippen LogP contribution in [0.1, 0.15) is 12.5 Å². The molecule has 2 aromatic heterocycles. The summed E-state index contributed by atoms with van der Waals surface area (Å²) in [5, 5.41) is 8.89. The maximum atomic E-state index is 8.89. The van der Waals surface area contributed by atoms with Crippen LogP contribution in [-0.2, 0) is 11.3 Å². The molecule has 0 unspecified atom stereocenters. The maximum Gasteiger partial charge on any atom is 0.102 e. The van der Waals surface area contributed by atoms with E-state index in [-0.39, 0.29) is 0 Å². The lowest BCUT2D eigenvalue weighted by atomic mass is 10.1. The van der Waals surface area contributed by atoms with E-state index in [9.17, 15) is 0 Å². The second-order valence-electron chi connectivity index (χ2n) is 3.47. The zero-order valence-corrected chi connectivity index (χ0v) is 10.2. The van der Waals surface area contributed by atoms with E-state index in [1.807, 2.05) is 30.3 Å².